The highest BCUT2D eigenvalue weighted by Gasteiger charge is 2.61. The monoisotopic (exact) mass is 420 g/mol. The maximum atomic E-state index is 11.1. The van der Waals surface area contributed by atoms with Crippen LogP contribution in [0.1, 0.15) is 91.4 Å². The van der Waals surface area contributed by atoms with Crippen LogP contribution in [0.2, 0.25) is 0 Å². The summed E-state index contributed by atoms with van der Waals surface area (Å²) in [6, 6.07) is 0. The van der Waals surface area contributed by atoms with Crippen molar-refractivity contribution in [3.8, 4) is 0 Å². The molecule has 0 aromatic carbocycles. The van der Waals surface area contributed by atoms with Gasteiger partial charge in [-0.3, -0.25) is 4.79 Å². The van der Waals surface area contributed by atoms with E-state index < -0.39 is 11.6 Å². The molecular weight excluding hydrogens is 376 g/mol. The van der Waals surface area contributed by atoms with E-state index in [0.717, 1.165) is 43.4 Å². The fourth-order valence-electron chi connectivity index (χ4n) is 9.25. The van der Waals surface area contributed by atoms with Gasteiger partial charge in [0.05, 0.1) is 12.2 Å². The zero-order valence-electron chi connectivity index (χ0n) is 19.7. The van der Waals surface area contributed by atoms with Gasteiger partial charge in [0.2, 0.25) is 0 Å². The van der Waals surface area contributed by atoms with Crippen LogP contribution in [0, 0.1) is 46.3 Å². The van der Waals surface area contributed by atoms with Crippen LogP contribution in [0.3, 0.4) is 0 Å². The molecule has 0 aliphatic heterocycles. The van der Waals surface area contributed by atoms with E-state index >= 15 is 0 Å². The SMILES string of the molecule is COC[C@@]1(O)CC[C@]2(C)C3CC[C@@]4(C)C(CC[C@@H]4[C@H](C)CCC(=O)O)C3CC[C@H]2C1. The average Bonchev–Trinajstić information content (AvgIpc) is 3.04. The normalized spacial score (nSPS) is 49.0. The summed E-state index contributed by atoms with van der Waals surface area (Å²) in [6.45, 7) is 7.88. The number of carbonyl (C=O) groups is 1. The third-order valence-electron chi connectivity index (χ3n) is 10.8. The molecule has 4 rings (SSSR count). The molecular formula is C26H44O4. The summed E-state index contributed by atoms with van der Waals surface area (Å²) in [7, 11) is 1.71. The zero-order chi connectivity index (χ0) is 21.7. The lowest BCUT2D eigenvalue weighted by molar-refractivity contribution is -0.163. The molecule has 4 saturated carbocycles. The van der Waals surface area contributed by atoms with Gasteiger partial charge in [-0.2, -0.15) is 0 Å². The minimum absolute atomic E-state index is 0.314. The molecule has 0 heterocycles. The summed E-state index contributed by atoms with van der Waals surface area (Å²) in [5.74, 6) is 3.62. The first-order chi connectivity index (χ1) is 14.1. The predicted octanol–water partition coefficient (Wildman–Crippen LogP) is 5.52. The van der Waals surface area contributed by atoms with Crippen molar-refractivity contribution in [2.24, 2.45) is 46.3 Å². The number of aliphatic carboxylic acids is 1. The Hall–Kier alpha value is -0.610. The summed E-state index contributed by atoms with van der Waals surface area (Å²) < 4.78 is 5.36. The third-order valence-corrected chi connectivity index (χ3v) is 10.8. The number of carboxylic acids is 1. The van der Waals surface area contributed by atoms with Gasteiger partial charge in [0, 0.05) is 13.5 Å². The first-order valence-corrected chi connectivity index (χ1v) is 12.6. The third kappa shape index (κ3) is 3.64. The lowest BCUT2D eigenvalue weighted by Gasteiger charge is -2.62. The highest BCUT2D eigenvalue weighted by Crippen LogP contribution is 2.68. The van der Waals surface area contributed by atoms with Crippen molar-refractivity contribution in [3.05, 3.63) is 0 Å². The first kappa shape index (κ1) is 22.6. The van der Waals surface area contributed by atoms with Crippen LogP contribution >= 0.6 is 0 Å². The van der Waals surface area contributed by atoms with E-state index in [1.54, 1.807) is 7.11 Å². The second-order valence-corrected chi connectivity index (χ2v) is 12.2. The van der Waals surface area contributed by atoms with Crippen LogP contribution < -0.4 is 0 Å². The smallest absolute Gasteiger partial charge is 0.303 e. The Morgan fingerprint density at radius 3 is 2.47 bits per heavy atom. The van der Waals surface area contributed by atoms with Crippen LogP contribution in [0.15, 0.2) is 0 Å². The average molecular weight is 421 g/mol. The number of methoxy groups -OCH3 is 1. The van der Waals surface area contributed by atoms with Crippen molar-refractivity contribution in [3.63, 3.8) is 0 Å². The Kier molecular flexibility index (Phi) is 6.07. The molecule has 4 nitrogen and oxygen atoms in total. The van der Waals surface area contributed by atoms with Gasteiger partial charge in [-0.15, -0.1) is 0 Å². The molecule has 0 saturated heterocycles. The largest absolute Gasteiger partial charge is 0.481 e. The number of ether oxygens (including phenoxy) is 1. The molecule has 0 bridgehead atoms. The molecule has 9 atom stereocenters. The fraction of sp³-hybridized carbons (Fsp3) is 0.962. The highest BCUT2D eigenvalue weighted by atomic mass is 16.5. The van der Waals surface area contributed by atoms with Gasteiger partial charge in [-0.1, -0.05) is 20.8 Å². The van der Waals surface area contributed by atoms with Crippen LogP contribution in [0.5, 0.6) is 0 Å². The Labute approximate surface area is 183 Å². The zero-order valence-corrected chi connectivity index (χ0v) is 19.7. The molecule has 0 aromatic heterocycles. The van der Waals surface area contributed by atoms with E-state index in [4.69, 9.17) is 9.84 Å². The fourth-order valence-corrected chi connectivity index (χ4v) is 9.25. The molecule has 0 aromatic rings. The van der Waals surface area contributed by atoms with Crippen LogP contribution in [0.4, 0.5) is 0 Å². The molecule has 4 aliphatic rings. The van der Waals surface area contributed by atoms with E-state index in [1.807, 2.05) is 0 Å². The van der Waals surface area contributed by atoms with Crippen molar-refractivity contribution in [2.75, 3.05) is 13.7 Å². The van der Waals surface area contributed by atoms with Crippen molar-refractivity contribution in [1.82, 2.24) is 0 Å². The quantitative estimate of drug-likeness (QED) is 0.593. The Bertz CT molecular complexity index is 649. The number of aliphatic hydroxyl groups is 1. The predicted molar refractivity (Wildman–Crippen MR) is 118 cm³/mol. The van der Waals surface area contributed by atoms with Gasteiger partial charge in [0.15, 0.2) is 0 Å². The van der Waals surface area contributed by atoms with E-state index in [2.05, 4.69) is 20.8 Å². The van der Waals surface area contributed by atoms with Gasteiger partial charge < -0.3 is 14.9 Å². The molecule has 0 amide bonds. The maximum absolute atomic E-state index is 11.1. The van der Waals surface area contributed by atoms with Gasteiger partial charge in [-0.05, 0) is 111 Å². The maximum Gasteiger partial charge on any atom is 0.303 e. The Morgan fingerprint density at radius 2 is 1.77 bits per heavy atom. The lowest BCUT2D eigenvalue weighted by Crippen LogP contribution is -2.56. The van der Waals surface area contributed by atoms with E-state index in [0.29, 0.717) is 41.6 Å². The van der Waals surface area contributed by atoms with Gasteiger partial charge in [0.1, 0.15) is 0 Å². The number of hydrogen-bond donors (Lipinski definition) is 2. The van der Waals surface area contributed by atoms with Crippen LogP contribution in [-0.2, 0) is 9.53 Å². The van der Waals surface area contributed by atoms with Gasteiger partial charge in [-0.25, -0.2) is 0 Å². The molecule has 0 radical (unpaired) electrons. The highest BCUT2D eigenvalue weighted by molar-refractivity contribution is 5.66. The lowest BCUT2D eigenvalue weighted by atomic mass is 9.43. The second kappa shape index (κ2) is 8.06. The number of hydrogen-bond acceptors (Lipinski definition) is 3. The summed E-state index contributed by atoms with van der Waals surface area (Å²) >= 11 is 0. The molecule has 4 fully saturated rings. The Balaban J connectivity index is 1.49. The number of fused-ring (bicyclic) bond motifs is 5. The minimum Gasteiger partial charge on any atom is -0.481 e. The standard InChI is InChI=1S/C26H44O4/c1-17(5-10-23(27)28)20-8-9-21-19-7-6-18-15-26(29,16-30-4)14-13-24(18,2)22(19)11-12-25(20,21)3/h17-22,29H,5-16H2,1-4H3,(H,27,28)/t17-,18+,19?,20-,21?,22?,24+,25-,26-/m1/s1. The Morgan fingerprint density at radius 1 is 1.03 bits per heavy atom. The van der Waals surface area contributed by atoms with Crippen molar-refractivity contribution < 1.29 is 19.7 Å². The summed E-state index contributed by atoms with van der Waals surface area (Å²) in [5, 5.41) is 20.2. The molecule has 4 aliphatic carbocycles. The van der Waals surface area contributed by atoms with Crippen molar-refractivity contribution in [1.29, 1.82) is 0 Å². The van der Waals surface area contributed by atoms with E-state index in [9.17, 15) is 9.90 Å². The van der Waals surface area contributed by atoms with Gasteiger partial charge in [0.25, 0.3) is 0 Å². The van der Waals surface area contributed by atoms with Crippen molar-refractivity contribution >= 4 is 5.97 Å². The second-order valence-electron chi connectivity index (χ2n) is 12.2. The van der Waals surface area contributed by atoms with Crippen molar-refractivity contribution in [2.45, 2.75) is 97.0 Å². The minimum atomic E-state index is -0.651. The number of rotatable bonds is 6. The molecule has 0 spiro atoms. The molecule has 4 heteroatoms. The molecule has 30 heavy (non-hydrogen) atoms. The molecule has 172 valence electrons. The summed E-state index contributed by atoms with van der Waals surface area (Å²) in [6.07, 6.45) is 11.9. The number of carboxylic acid groups (broad SMARTS) is 1. The summed E-state index contributed by atoms with van der Waals surface area (Å²) in [4.78, 5) is 11.1. The van der Waals surface area contributed by atoms with Crippen LogP contribution in [-0.4, -0.2) is 35.5 Å². The van der Waals surface area contributed by atoms with Gasteiger partial charge >= 0.3 is 5.97 Å². The molecule has 3 unspecified atom stereocenters. The summed E-state index contributed by atoms with van der Waals surface area (Å²) in [5.41, 5.74) is 0.151. The first-order valence-electron chi connectivity index (χ1n) is 12.6. The molecule has 2 N–H and O–H groups in total. The van der Waals surface area contributed by atoms with Crippen LogP contribution in [0.25, 0.3) is 0 Å². The van der Waals surface area contributed by atoms with E-state index in [-0.39, 0.29) is 0 Å². The topological polar surface area (TPSA) is 66.8 Å². The van der Waals surface area contributed by atoms with E-state index in [1.165, 1.54) is 38.5 Å².